The van der Waals surface area contributed by atoms with Gasteiger partial charge >= 0.3 is 5.97 Å². The van der Waals surface area contributed by atoms with Gasteiger partial charge in [-0.15, -0.1) is 0 Å². The topological polar surface area (TPSA) is 46.5 Å². The fourth-order valence-corrected chi connectivity index (χ4v) is 1.14. The Kier molecular flexibility index (Phi) is 4.70. The molecule has 0 saturated carbocycles. The van der Waals surface area contributed by atoms with Crippen LogP contribution in [-0.4, -0.2) is 24.3 Å². The van der Waals surface area contributed by atoms with Gasteiger partial charge < -0.3 is 9.84 Å². The third kappa shape index (κ3) is 3.19. The van der Waals surface area contributed by atoms with Crippen LogP contribution in [0.1, 0.15) is 20.8 Å². The van der Waals surface area contributed by atoms with Crippen molar-refractivity contribution in [3.63, 3.8) is 0 Å². The third-order valence-electron chi connectivity index (χ3n) is 2.01. The van der Waals surface area contributed by atoms with E-state index in [1.165, 1.54) is 7.11 Å². The summed E-state index contributed by atoms with van der Waals surface area (Å²) in [7, 11) is 1.31. The van der Waals surface area contributed by atoms with Gasteiger partial charge in [0, 0.05) is 0 Å². The van der Waals surface area contributed by atoms with Gasteiger partial charge in [0.15, 0.2) is 0 Å². The second-order valence-corrected chi connectivity index (χ2v) is 3.58. The van der Waals surface area contributed by atoms with E-state index in [9.17, 15) is 9.90 Å². The van der Waals surface area contributed by atoms with Crippen LogP contribution >= 0.6 is 0 Å². The molecule has 0 saturated heterocycles. The van der Waals surface area contributed by atoms with Crippen molar-refractivity contribution in [1.29, 1.82) is 0 Å². The van der Waals surface area contributed by atoms with Gasteiger partial charge in [-0.3, -0.25) is 4.79 Å². The van der Waals surface area contributed by atoms with E-state index in [0.717, 1.165) is 0 Å². The van der Waals surface area contributed by atoms with Crippen LogP contribution in [0.4, 0.5) is 0 Å². The van der Waals surface area contributed by atoms with Crippen molar-refractivity contribution in [2.45, 2.75) is 26.9 Å². The fraction of sp³-hybridized carbons (Fsp3) is 0.700. The zero-order valence-corrected chi connectivity index (χ0v) is 8.70. The van der Waals surface area contributed by atoms with E-state index in [1.54, 1.807) is 6.92 Å². The SMILES string of the molecule is C=C(C)[C@H](C(=O)OC)[C@H](O)C(C)C. The number of methoxy groups -OCH3 is 1. The lowest BCUT2D eigenvalue weighted by molar-refractivity contribution is -0.148. The average molecular weight is 186 g/mol. The predicted octanol–water partition coefficient (Wildman–Crippen LogP) is 1.37. The molecule has 0 radical (unpaired) electrons. The molecule has 3 nitrogen and oxygen atoms in total. The van der Waals surface area contributed by atoms with E-state index in [2.05, 4.69) is 11.3 Å². The Bertz CT molecular complexity index is 196. The van der Waals surface area contributed by atoms with Crippen LogP contribution < -0.4 is 0 Å². The van der Waals surface area contributed by atoms with Gasteiger partial charge in [-0.25, -0.2) is 0 Å². The maximum atomic E-state index is 11.3. The van der Waals surface area contributed by atoms with E-state index in [0.29, 0.717) is 5.57 Å². The molecule has 0 amide bonds. The standard InChI is InChI=1S/C10H18O3/c1-6(2)8(10(12)13-5)9(11)7(3)4/h7-9,11H,1H2,2-5H3/t8-,9+/m0/s1. The van der Waals surface area contributed by atoms with Crippen molar-refractivity contribution in [1.82, 2.24) is 0 Å². The summed E-state index contributed by atoms with van der Waals surface area (Å²) in [5, 5.41) is 9.70. The molecule has 0 fully saturated rings. The first-order chi connectivity index (χ1) is 5.91. The molecule has 76 valence electrons. The minimum absolute atomic E-state index is 0.0146. The Morgan fingerprint density at radius 2 is 1.92 bits per heavy atom. The quantitative estimate of drug-likeness (QED) is 0.533. The number of hydrogen-bond acceptors (Lipinski definition) is 3. The lowest BCUT2D eigenvalue weighted by Gasteiger charge is -2.23. The van der Waals surface area contributed by atoms with Crippen molar-refractivity contribution in [3.8, 4) is 0 Å². The highest BCUT2D eigenvalue weighted by Crippen LogP contribution is 2.20. The van der Waals surface area contributed by atoms with Gasteiger partial charge in [-0.2, -0.15) is 0 Å². The summed E-state index contributed by atoms with van der Waals surface area (Å²) in [4.78, 5) is 11.3. The van der Waals surface area contributed by atoms with E-state index >= 15 is 0 Å². The maximum absolute atomic E-state index is 11.3. The van der Waals surface area contributed by atoms with Crippen molar-refractivity contribution in [2.75, 3.05) is 7.11 Å². The summed E-state index contributed by atoms with van der Waals surface area (Å²) >= 11 is 0. The molecule has 0 bridgehead atoms. The largest absolute Gasteiger partial charge is 0.468 e. The molecule has 0 aliphatic rings. The Morgan fingerprint density at radius 3 is 2.15 bits per heavy atom. The first-order valence-electron chi connectivity index (χ1n) is 4.33. The molecule has 0 aliphatic heterocycles. The molecule has 0 unspecified atom stereocenters. The van der Waals surface area contributed by atoms with Gasteiger partial charge in [-0.1, -0.05) is 26.0 Å². The monoisotopic (exact) mass is 186 g/mol. The molecule has 0 rings (SSSR count). The van der Waals surface area contributed by atoms with Crippen LogP contribution in [0.5, 0.6) is 0 Å². The van der Waals surface area contributed by atoms with Crippen LogP contribution in [0.2, 0.25) is 0 Å². The molecule has 0 aliphatic carbocycles. The summed E-state index contributed by atoms with van der Waals surface area (Å²) < 4.78 is 4.59. The number of rotatable bonds is 4. The molecular weight excluding hydrogens is 168 g/mol. The summed E-state index contributed by atoms with van der Waals surface area (Å²) in [5.74, 6) is -1.01. The second kappa shape index (κ2) is 5.02. The Hall–Kier alpha value is -0.830. The molecule has 0 spiro atoms. The number of carbonyl (C=O) groups is 1. The van der Waals surface area contributed by atoms with Crippen molar-refractivity contribution in [3.05, 3.63) is 12.2 Å². The van der Waals surface area contributed by atoms with Crippen LogP contribution in [0, 0.1) is 11.8 Å². The van der Waals surface area contributed by atoms with E-state index < -0.39 is 18.0 Å². The first kappa shape index (κ1) is 12.2. The van der Waals surface area contributed by atoms with Gasteiger partial charge in [0.25, 0.3) is 0 Å². The second-order valence-electron chi connectivity index (χ2n) is 3.58. The molecule has 2 atom stereocenters. The van der Waals surface area contributed by atoms with E-state index in [-0.39, 0.29) is 5.92 Å². The van der Waals surface area contributed by atoms with Gasteiger partial charge in [0.2, 0.25) is 0 Å². The normalized spacial score (nSPS) is 15.2. The zero-order chi connectivity index (χ0) is 10.6. The molecule has 13 heavy (non-hydrogen) atoms. The number of ether oxygens (including phenoxy) is 1. The third-order valence-corrected chi connectivity index (χ3v) is 2.01. The average Bonchev–Trinajstić information content (AvgIpc) is 2.03. The van der Waals surface area contributed by atoms with Gasteiger partial charge in [0.05, 0.1) is 13.2 Å². The number of hydrogen-bond donors (Lipinski definition) is 1. The molecule has 3 heteroatoms. The summed E-state index contributed by atoms with van der Waals surface area (Å²) in [6.45, 7) is 9.08. The summed E-state index contributed by atoms with van der Waals surface area (Å²) in [6.07, 6.45) is -0.718. The first-order valence-corrected chi connectivity index (χ1v) is 4.33. The summed E-state index contributed by atoms with van der Waals surface area (Å²) in [6, 6.07) is 0. The molecular formula is C10H18O3. The molecule has 0 aromatic heterocycles. The van der Waals surface area contributed by atoms with E-state index in [4.69, 9.17) is 0 Å². The predicted molar refractivity (Wildman–Crippen MR) is 51.2 cm³/mol. The number of aliphatic hydroxyl groups excluding tert-OH is 1. The molecule has 0 aromatic rings. The maximum Gasteiger partial charge on any atom is 0.315 e. The Balaban J connectivity index is 4.61. The minimum Gasteiger partial charge on any atom is -0.468 e. The summed E-state index contributed by atoms with van der Waals surface area (Å²) in [5.41, 5.74) is 0.632. The van der Waals surface area contributed by atoms with Crippen molar-refractivity contribution < 1.29 is 14.6 Å². The van der Waals surface area contributed by atoms with Crippen LogP contribution in [0.25, 0.3) is 0 Å². The highest BCUT2D eigenvalue weighted by Gasteiger charge is 2.30. The Morgan fingerprint density at radius 1 is 1.46 bits per heavy atom. The van der Waals surface area contributed by atoms with Crippen LogP contribution in [0.15, 0.2) is 12.2 Å². The number of carbonyl (C=O) groups excluding carboxylic acids is 1. The highest BCUT2D eigenvalue weighted by molar-refractivity contribution is 5.76. The van der Waals surface area contributed by atoms with Crippen LogP contribution in [0.3, 0.4) is 0 Å². The van der Waals surface area contributed by atoms with Crippen molar-refractivity contribution >= 4 is 5.97 Å². The molecule has 0 aromatic carbocycles. The molecule has 0 heterocycles. The lowest BCUT2D eigenvalue weighted by Crippen LogP contribution is -2.33. The Labute approximate surface area is 79.4 Å². The number of aliphatic hydroxyl groups is 1. The van der Waals surface area contributed by atoms with Crippen LogP contribution in [-0.2, 0) is 9.53 Å². The highest BCUT2D eigenvalue weighted by atomic mass is 16.5. The van der Waals surface area contributed by atoms with E-state index in [1.807, 2.05) is 13.8 Å². The number of esters is 1. The van der Waals surface area contributed by atoms with Gasteiger partial charge in [0.1, 0.15) is 5.92 Å². The van der Waals surface area contributed by atoms with Crippen molar-refractivity contribution in [2.24, 2.45) is 11.8 Å². The zero-order valence-electron chi connectivity index (χ0n) is 8.70. The molecule has 1 N–H and O–H groups in total. The smallest absolute Gasteiger partial charge is 0.315 e. The fourth-order valence-electron chi connectivity index (χ4n) is 1.14. The minimum atomic E-state index is -0.718. The van der Waals surface area contributed by atoms with Gasteiger partial charge in [-0.05, 0) is 12.8 Å². The lowest BCUT2D eigenvalue weighted by atomic mass is 9.88.